The van der Waals surface area contributed by atoms with Crippen LogP contribution in [0.25, 0.3) is 11.3 Å². The van der Waals surface area contributed by atoms with E-state index in [0.717, 1.165) is 50.2 Å². The van der Waals surface area contributed by atoms with E-state index in [1.54, 1.807) is 24.3 Å². The number of aromatic nitrogens is 1. The number of carbonyl (C=O) groups is 3. The Morgan fingerprint density at radius 1 is 0.818 bits per heavy atom. The highest BCUT2D eigenvalue weighted by Crippen LogP contribution is 2.33. The van der Waals surface area contributed by atoms with E-state index >= 15 is 0 Å². The molecule has 0 unspecified atom stereocenters. The van der Waals surface area contributed by atoms with Gasteiger partial charge in [-0.25, -0.2) is 0 Å². The first-order valence-electron chi connectivity index (χ1n) is 14.1. The second kappa shape index (κ2) is 13.0. The van der Waals surface area contributed by atoms with Gasteiger partial charge in [0.15, 0.2) is 0 Å². The number of nitrogens with one attached hydrogen (secondary N) is 2. The second-order valence-corrected chi connectivity index (χ2v) is 10.5. The summed E-state index contributed by atoms with van der Waals surface area (Å²) in [5, 5.41) is 5.56. The summed E-state index contributed by atoms with van der Waals surface area (Å²) in [5.41, 5.74) is 7.94. The molecule has 44 heavy (non-hydrogen) atoms. The van der Waals surface area contributed by atoms with Gasteiger partial charge in [-0.15, -0.1) is 0 Å². The van der Waals surface area contributed by atoms with E-state index in [2.05, 4.69) is 20.5 Å². The van der Waals surface area contributed by atoms with Crippen LogP contribution in [0.2, 0.25) is 0 Å². The van der Waals surface area contributed by atoms with Crippen molar-refractivity contribution in [3.63, 3.8) is 0 Å². The van der Waals surface area contributed by atoms with Crippen LogP contribution >= 0.6 is 0 Å². The molecular weight excluding hydrogens is 571 g/mol. The van der Waals surface area contributed by atoms with E-state index < -0.39 is 29.5 Å². The zero-order valence-electron chi connectivity index (χ0n) is 23.7. The fraction of sp³-hybridized carbons (Fsp3) is 0.212. The quantitative estimate of drug-likeness (QED) is 0.228. The van der Waals surface area contributed by atoms with Crippen LogP contribution in [0.1, 0.15) is 61.5 Å². The van der Waals surface area contributed by atoms with Crippen LogP contribution in [-0.2, 0) is 12.7 Å². The number of anilines is 2. The fourth-order valence-corrected chi connectivity index (χ4v) is 5.07. The molecule has 226 valence electrons. The number of rotatable bonds is 8. The maximum absolute atomic E-state index is 13.2. The first-order chi connectivity index (χ1) is 21.1. The van der Waals surface area contributed by atoms with Crippen molar-refractivity contribution < 1.29 is 27.6 Å². The van der Waals surface area contributed by atoms with Crippen molar-refractivity contribution in [1.82, 2.24) is 10.3 Å². The number of benzene rings is 3. The zero-order chi connectivity index (χ0) is 31.3. The monoisotopic (exact) mass is 601 g/mol. The Kier molecular flexibility index (Phi) is 8.94. The topological polar surface area (TPSA) is 117 Å². The standard InChI is InChI=1S/C33H30F3N5O3/c34-33(35,36)25-9-4-6-21(16-25)20-39-31(43)24-12-13-38-29(18-24)27-19-26(41-14-2-1-3-15-41)10-11-28(27)40-32(44)23-8-5-7-22(17-23)30(37)42/h4-13,16-19H,1-3,14-15,20H2,(H2,37,42)(H,39,43)(H,40,44). The van der Waals surface area contributed by atoms with Crippen molar-refractivity contribution in [3.8, 4) is 11.3 Å². The lowest BCUT2D eigenvalue weighted by Crippen LogP contribution is -2.29. The molecule has 5 rings (SSSR count). The average molecular weight is 602 g/mol. The molecule has 0 spiro atoms. The summed E-state index contributed by atoms with van der Waals surface area (Å²) < 4.78 is 39.3. The summed E-state index contributed by atoms with van der Waals surface area (Å²) in [7, 11) is 0. The van der Waals surface area contributed by atoms with Gasteiger partial charge in [-0.2, -0.15) is 13.2 Å². The highest BCUT2D eigenvalue weighted by atomic mass is 19.4. The molecule has 2 heterocycles. The largest absolute Gasteiger partial charge is 0.416 e. The van der Waals surface area contributed by atoms with Gasteiger partial charge >= 0.3 is 6.18 Å². The molecule has 11 heteroatoms. The average Bonchev–Trinajstić information content (AvgIpc) is 3.04. The van der Waals surface area contributed by atoms with Gasteiger partial charge in [0.1, 0.15) is 0 Å². The van der Waals surface area contributed by atoms with Gasteiger partial charge in [0.25, 0.3) is 11.8 Å². The number of pyridine rings is 1. The maximum Gasteiger partial charge on any atom is 0.416 e. The number of nitrogens with two attached hydrogens (primary N) is 1. The molecule has 0 radical (unpaired) electrons. The van der Waals surface area contributed by atoms with Crippen molar-refractivity contribution in [1.29, 1.82) is 0 Å². The molecule has 8 nitrogen and oxygen atoms in total. The predicted molar refractivity (Wildman–Crippen MR) is 161 cm³/mol. The lowest BCUT2D eigenvalue weighted by Gasteiger charge is -2.29. The number of amides is 3. The third-order valence-electron chi connectivity index (χ3n) is 7.39. The first-order valence-corrected chi connectivity index (χ1v) is 14.1. The molecule has 1 aromatic heterocycles. The third-order valence-corrected chi connectivity index (χ3v) is 7.39. The number of halogens is 3. The lowest BCUT2D eigenvalue weighted by atomic mass is 10.0. The Hall–Kier alpha value is -5.19. The molecule has 4 N–H and O–H groups in total. The summed E-state index contributed by atoms with van der Waals surface area (Å²) in [4.78, 5) is 44.6. The number of piperidine rings is 1. The molecule has 0 saturated carbocycles. The van der Waals surface area contributed by atoms with E-state index in [1.807, 2.05) is 12.1 Å². The van der Waals surface area contributed by atoms with Gasteiger partial charge in [-0.05, 0) is 85.5 Å². The molecule has 0 aliphatic carbocycles. The Morgan fingerprint density at radius 3 is 2.30 bits per heavy atom. The van der Waals surface area contributed by atoms with Gasteiger partial charge in [-0.3, -0.25) is 19.4 Å². The molecule has 3 aromatic carbocycles. The first kappa shape index (κ1) is 30.3. The maximum atomic E-state index is 13.2. The highest BCUT2D eigenvalue weighted by molar-refractivity contribution is 6.08. The minimum atomic E-state index is -4.49. The zero-order valence-corrected chi connectivity index (χ0v) is 23.7. The van der Waals surface area contributed by atoms with E-state index in [9.17, 15) is 27.6 Å². The van der Waals surface area contributed by atoms with Crippen molar-refractivity contribution in [3.05, 3.63) is 113 Å². The summed E-state index contributed by atoms with van der Waals surface area (Å²) in [5.74, 6) is -1.61. The van der Waals surface area contributed by atoms with Crippen LogP contribution in [0.5, 0.6) is 0 Å². The number of alkyl halides is 3. The van der Waals surface area contributed by atoms with E-state index in [0.29, 0.717) is 22.5 Å². The highest BCUT2D eigenvalue weighted by Gasteiger charge is 2.30. The van der Waals surface area contributed by atoms with E-state index in [4.69, 9.17) is 5.73 Å². The molecule has 0 atom stereocenters. The summed E-state index contributed by atoms with van der Waals surface area (Å²) >= 11 is 0. The second-order valence-electron chi connectivity index (χ2n) is 10.5. The van der Waals surface area contributed by atoms with E-state index in [-0.39, 0.29) is 23.2 Å². The van der Waals surface area contributed by atoms with Crippen LogP contribution in [0.15, 0.2) is 85.1 Å². The van der Waals surface area contributed by atoms with Crippen molar-refractivity contribution >= 4 is 29.1 Å². The van der Waals surface area contributed by atoms with Crippen LogP contribution in [0.4, 0.5) is 24.5 Å². The molecule has 1 aliphatic rings. The van der Waals surface area contributed by atoms with Crippen molar-refractivity contribution in [2.75, 3.05) is 23.3 Å². The Balaban J connectivity index is 1.42. The molecule has 1 fully saturated rings. The summed E-state index contributed by atoms with van der Waals surface area (Å²) in [6, 6.07) is 19.5. The molecule has 4 aromatic rings. The Bertz CT molecular complexity index is 1700. The minimum Gasteiger partial charge on any atom is -0.372 e. The molecule has 1 aliphatic heterocycles. The Labute approximate surface area is 252 Å². The Morgan fingerprint density at radius 2 is 1.55 bits per heavy atom. The van der Waals surface area contributed by atoms with Crippen LogP contribution < -0.4 is 21.3 Å². The SMILES string of the molecule is NC(=O)c1cccc(C(=O)Nc2ccc(N3CCCCC3)cc2-c2cc(C(=O)NCc3cccc(C(F)(F)F)c3)ccn2)c1. The molecule has 1 saturated heterocycles. The normalized spacial score (nSPS) is 13.3. The lowest BCUT2D eigenvalue weighted by molar-refractivity contribution is -0.137. The third kappa shape index (κ3) is 7.23. The number of nitrogens with zero attached hydrogens (tertiary/aromatic N) is 2. The number of carbonyl (C=O) groups excluding carboxylic acids is 3. The van der Waals surface area contributed by atoms with Gasteiger partial charge in [0, 0.05) is 53.8 Å². The summed E-state index contributed by atoms with van der Waals surface area (Å²) in [6.07, 6.45) is 0.249. The summed E-state index contributed by atoms with van der Waals surface area (Å²) in [6.45, 7) is 1.67. The van der Waals surface area contributed by atoms with Gasteiger partial charge in [-0.1, -0.05) is 18.2 Å². The van der Waals surface area contributed by atoms with Crippen LogP contribution in [0, 0.1) is 0 Å². The number of primary amides is 1. The molecule has 0 bridgehead atoms. The number of hydrogen-bond acceptors (Lipinski definition) is 5. The van der Waals surface area contributed by atoms with Crippen LogP contribution in [-0.4, -0.2) is 35.8 Å². The van der Waals surface area contributed by atoms with E-state index in [1.165, 1.54) is 36.5 Å². The van der Waals surface area contributed by atoms with Gasteiger partial charge in [0.2, 0.25) is 5.91 Å². The van der Waals surface area contributed by atoms with Crippen molar-refractivity contribution in [2.24, 2.45) is 5.73 Å². The molecule has 3 amide bonds. The van der Waals surface area contributed by atoms with Crippen molar-refractivity contribution in [2.45, 2.75) is 32.0 Å². The number of hydrogen-bond donors (Lipinski definition) is 3. The van der Waals surface area contributed by atoms with Gasteiger partial charge < -0.3 is 21.3 Å². The molecular formula is C33H30F3N5O3. The smallest absolute Gasteiger partial charge is 0.372 e. The van der Waals surface area contributed by atoms with Gasteiger partial charge in [0.05, 0.1) is 16.9 Å². The van der Waals surface area contributed by atoms with Crippen LogP contribution in [0.3, 0.4) is 0 Å². The predicted octanol–water partition coefficient (Wildman–Crippen LogP) is 6.04. The fourth-order valence-electron chi connectivity index (χ4n) is 5.07. The minimum absolute atomic E-state index is 0.101.